The van der Waals surface area contributed by atoms with Gasteiger partial charge in [0.2, 0.25) is 0 Å². The van der Waals surface area contributed by atoms with E-state index in [0.29, 0.717) is 6.42 Å². The molecule has 0 bridgehead atoms. The second kappa shape index (κ2) is 13.4. The van der Waals surface area contributed by atoms with Gasteiger partial charge in [0.15, 0.2) is 0 Å². The Labute approximate surface area is 140 Å². The van der Waals surface area contributed by atoms with Gasteiger partial charge in [-0.3, -0.25) is 0 Å². The number of ether oxygens (including phenoxy) is 1. The van der Waals surface area contributed by atoms with Crippen LogP contribution in [-0.4, -0.2) is 13.3 Å². The number of nitrogens with one attached hydrogen (secondary N) is 1. The first-order chi connectivity index (χ1) is 11.2. The predicted octanol–water partition coefficient (Wildman–Crippen LogP) is 5.84. The average molecular weight is 315 g/mol. The first-order valence-electron chi connectivity index (χ1n) is 8.15. The van der Waals surface area contributed by atoms with E-state index < -0.39 is 0 Å². The van der Waals surface area contributed by atoms with Crippen LogP contribution in [-0.2, 0) is 4.79 Å². The van der Waals surface area contributed by atoms with Crippen molar-refractivity contribution >= 4 is 12.0 Å². The second-order valence-electron chi connectivity index (χ2n) is 4.65. The lowest BCUT2D eigenvalue weighted by atomic mass is 10.2. The fourth-order valence-electron chi connectivity index (χ4n) is 1.58. The largest absolute Gasteiger partial charge is 0.457 e. The van der Waals surface area contributed by atoms with Crippen molar-refractivity contribution in [2.75, 3.05) is 12.4 Å². The van der Waals surface area contributed by atoms with Crippen molar-refractivity contribution in [2.24, 2.45) is 0 Å². The van der Waals surface area contributed by atoms with Gasteiger partial charge in [-0.2, -0.15) is 0 Å². The molecule has 0 aliphatic carbocycles. The molecule has 0 heterocycles. The van der Waals surface area contributed by atoms with Crippen molar-refractivity contribution in [1.82, 2.24) is 0 Å². The van der Waals surface area contributed by atoms with Crippen molar-refractivity contribution in [3.05, 3.63) is 54.1 Å². The SMILES string of the molecule is CC.CCCC=O.CNc1cccc(Oc2ccc(C)cc2)c1. The fourth-order valence-corrected chi connectivity index (χ4v) is 1.58. The lowest BCUT2D eigenvalue weighted by molar-refractivity contribution is -0.107. The molecule has 23 heavy (non-hydrogen) atoms. The van der Waals surface area contributed by atoms with E-state index >= 15 is 0 Å². The van der Waals surface area contributed by atoms with E-state index in [2.05, 4.69) is 12.2 Å². The van der Waals surface area contributed by atoms with E-state index in [4.69, 9.17) is 4.74 Å². The third-order valence-electron chi connectivity index (χ3n) is 2.79. The van der Waals surface area contributed by atoms with Gasteiger partial charge in [-0.15, -0.1) is 0 Å². The van der Waals surface area contributed by atoms with E-state index in [9.17, 15) is 4.79 Å². The molecule has 3 heteroatoms. The summed E-state index contributed by atoms with van der Waals surface area (Å²) in [5, 5.41) is 3.08. The van der Waals surface area contributed by atoms with Gasteiger partial charge in [-0.1, -0.05) is 44.5 Å². The maximum Gasteiger partial charge on any atom is 0.129 e. The zero-order chi connectivity index (χ0) is 17.5. The monoisotopic (exact) mass is 315 g/mol. The van der Waals surface area contributed by atoms with E-state index in [-0.39, 0.29) is 0 Å². The molecule has 0 saturated heterocycles. The summed E-state index contributed by atoms with van der Waals surface area (Å²) >= 11 is 0. The summed E-state index contributed by atoms with van der Waals surface area (Å²) in [5.74, 6) is 1.70. The van der Waals surface area contributed by atoms with Gasteiger partial charge in [-0.25, -0.2) is 0 Å². The Kier molecular flexibility index (Phi) is 12.0. The minimum absolute atomic E-state index is 0.708. The maximum atomic E-state index is 9.40. The number of carbonyl (C=O) groups excluding carboxylic acids is 1. The molecule has 0 aliphatic rings. The average Bonchev–Trinajstić information content (AvgIpc) is 2.60. The number of aryl methyl sites for hydroxylation is 1. The molecule has 0 amide bonds. The highest BCUT2D eigenvalue weighted by molar-refractivity contribution is 5.49. The minimum atomic E-state index is 0.708. The van der Waals surface area contributed by atoms with Crippen LogP contribution in [0.1, 0.15) is 39.2 Å². The quantitative estimate of drug-likeness (QED) is 0.704. The van der Waals surface area contributed by atoms with Crippen molar-refractivity contribution < 1.29 is 9.53 Å². The Morgan fingerprint density at radius 1 is 1.04 bits per heavy atom. The highest BCUT2D eigenvalue weighted by Crippen LogP contribution is 2.23. The minimum Gasteiger partial charge on any atom is -0.457 e. The first-order valence-corrected chi connectivity index (χ1v) is 8.15. The zero-order valence-corrected chi connectivity index (χ0v) is 14.9. The molecule has 0 atom stereocenters. The standard InChI is InChI=1S/C14H15NO.C4H8O.C2H6/c1-11-6-8-13(9-7-11)16-14-5-3-4-12(10-14)15-2;1-2-3-4-5;1-2/h3-10,15H,1-2H3;4H,2-3H2,1H3;1-2H3. The second-order valence-corrected chi connectivity index (χ2v) is 4.65. The van der Waals surface area contributed by atoms with Crippen LogP contribution >= 0.6 is 0 Å². The third kappa shape index (κ3) is 9.35. The molecule has 0 saturated carbocycles. The summed E-state index contributed by atoms with van der Waals surface area (Å²) in [5.41, 5.74) is 2.28. The van der Waals surface area contributed by atoms with Gasteiger partial charge in [0.1, 0.15) is 17.8 Å². The summed E-state index contributed by atoms with van der Waals surface area (Å²) in [6.45, 7) is 8.04. The van der Waals surface area contributed by atoms with E-state index in [1.165, 1.54) is 5.56 Å². The summed E-state index contributed by atoms with van der Waals surface area (Å²) < 4.78 is 5.74. The summed E-state index contributed by atoms with van der Waals surface area (Å²) in [6.07, 6.45) is 2.61. The number of benzene rings is 2. The Hall–Kier alpha value is -2.29. The molecule has 2 aromatic rings. The summed E-state index contributed by atoms with van der Waals surface area (Å²) in [4.78, 5) is 9.40. The molecule has 0 unspecified atom stereocenters. The highest BCUT2D eigenvalue weighted by Gasteiger charge is 1.97. The molecule has 0 radical (unpaired) electrons. The molecule has 126 valence electrons. The summed E-state index contributed by atoms with van der Waals surface area (Å²) in [6, 6.07) is 15.9. The Balaban J connectivity index is 0.000000594. The third-order valence-corrected chi connectivity index (χ3v) is 2.79. The van der Waals surface area contributed by atoms with E-state index in [0.717, 1.165) is 29.9 Å². The molecular formula is C20H29NO2. The van der Waals surface area contributed by atoms with Crippen LogP contribution in [0, 0.1) is 6.92 Å². The molecular weight excluding hydrogens is 286 g/mol. The maximum absolute atomic E-state index is 9.40. The number of anilines is 1. The number of unbranched alkanes of at least 4 members (excludes halogenated alkanes) is 1. The van der Waals surface area contributed by atoms with Crippen molar-refractivity contribution in [3.63, 3.8) is 0 Å². The van der Waals surface area contributed by atoms with Crippen LogP contribution in [0.3, 0.4) is 0 Å². The van der Waals surface area contributed by atoms with Gasteiger partial charge >= 0.3 is 0 Å². The molecule has 1 N–H and O–H groups in total. The lowest BCUT2D eigenvalue weighted by Crippen LogP contribution is -1.89. The molecule has 3 nitrogen and oxygen atoms in total. The van der Waals surface area contributed by atoms with Gasteiger partial charge in [-0.05, 0) is 37.6 Å². The predicted molar refractivity (Wildman–Crippen MR) is 99.6 cm³/mol. The summed E-state index contributed by atoms with van der Waals surface area (Å²) in [7, 11) is 1.89. The van der Waals surface area contributed by atoms with Gasteiger partial charge < -0.3 is 14.8 Å². The molecule has 0 aromatic heterocycles. The van der Waals surface area contributed by atoms with Crippen molar-refractivity contribution in [1.29, 1.82) is 0 Å². The van der Waals surface area contributed by atoms with Crippen LogP contribution in [0.25, 0.3) is 0 Å². The topological polar surface area (TPSA) is 38.3 Å². The number of rotatable bonds is 5. The lowest BCUT2D eigenvalue weighted by Gasteiger charge is -2.07. The van der Waals surface area contributed by atoms with Crippen LogP contribution in [0.4, 0.5) is 5.69 Å². The van der Waals surface area contributed by atoms with Crippen LogP contribution < -0.4 is 10.1 Å². The zero-order valence-electron chi connectivity index (χ0n) is 14.9. The Bertz CT molecular complexity index is 536. The fraction of sp³-hybridized carbons (Fsp3) is 0.350. The Morgan fingerprint density at radius 2 is 1.70 bits per heavy atom. The number of aldehydes is 1. The van der Waals surface area contributed by atoms with Gasteiger partial charge in [0.25, 0.3) is 0 Å². The van der Waals surface area contributed by atoms with Crippen LogP contribution in [0.2, 0.25) is 0 Å². The van der Waals surface area contributed by atoms with Crippen LogP contribution in [0.15, 0.2) is 48.5 Å². The molecule has 0 aliphatic heterocycles. The first kappa shape index (κ1) is 20.7. The smallest absolute Gasteiger partial charge is 0.129 e. The van der Waals surface area contributed by atoms with Gasteiger partial charge in [0.05, 0.1) is 0 Å². The molecule has 2 rings (SSSR count). The van der Waals surface area contributed by atoms with E-state index in [1.807, 2.05) is 76.3 Å². The van der Waals surface area contributed by atoms with Crippen molar-refractivity contribution in [3.8, 4) is 11.5 Å². The number of hydrogen-bond acceptors (Lipinski definition) is 3. The van der Waals surface area contributed by atoms with Gasteiger partial charge in [0, 0.05) is 25.2 Å². The van der Waals surface area contributed by atoms with E-state index in [1.54, 1.807) is 0 Å². The van der Waals surface area contributed by atoms with Crippen LogP contribution in [0.5, 0.6) is 11.5 Å². The molecule has 0 spiro atoms. The normalized spacial score (nSPS) is 8.74. The highest BCUT2D eigenvalue weighted by atomic mass is 16.5. The van der Waals surface area contributed by atoms with Crippen molar-refractivity contribution in [2.45, 2.75) is 40.5 Å². The molecule has 2 aromatic carbocycles. The number of hydrogen-bond donors (Lipinski definition) is 1. The molecule has 0 fully saturated rings. The Morgan fingerprint density at radius 3 is 2.17 bits per heavy atom. The number of carbonyl (C=O) groups is 1.